The van der Waals surface area contributed by atoms with Crippen molar-refractivity contribution < 1.29 is 13.9 Å². The Bertz CT molecular complexity index is 1320. The highest BCUT2D eigenvalue weighted by Gasteiger charge is 2.51. The minimum absolute atomic E-state index is 0.0347. The summed E-state index contributed by atoms with van der Waals surface area (Å²) in [6.07, 6.45) is 5.80. The first-order chi connectivity index (χ1) is 17.1. The third kappa shape index (κ3) is 4.53. The second kappa shape index (κ2) is 8.66. The molecule has 1 aromatic carbocycles. The van der Waals surface area contributed by atoms with Crippen molar-refractivity contribution in [3.8, 4) is 17.3 Å². The van der Waals surface area contributed by atoms with Gasteiger partial charge in [0.1, 0.15) is 34.6 Å². The monoisotopic (exact) mass is 491 g/mol. The van der Waals surface area contributed by atoms with Gasteiger partial charge in [-0.25, -0.2) is 13.9 Å². The molecule has 3 heterocycles. The maximum atomic E-state index is 13.2. The first-order valence-corrected chi connectivity index (χ1v) is 12.1. The van der Waals surface area contributed by atoms with Gasteiger partial charge >= 0.3 is 6.09 Å². The molecule has 1 saturated carbocycles. The highest BCUT2D eigenvalue weighted by atomic mass is 19.1. The van der Waals surface area contributed by atoms with Crippen molar-refractivity contribution in [2.75, 3.05) is 18.8 Å². The number of aromatic nitrogens is 4. The number of rotatable bonds is 4. The lowest BCUT2D eigenvalue weighted by Crippen LogP contribution is -2.43. The fourth-order valence-corrected chi connectivity index (χ4v) is 5.25. The number of halogens is 1. The van der Waals surface area contributed by atoms with Crippen LogP contribution in [0.3, 0.4) is 0 Å². The van der Waals surface area contributed by atoms with E-state index < -0.39 is 5.60 Å². The molecule has 0 radical (unpaired) electrons. The number of likely N-dealkylation sites (tertiary alicyclic amines) is 1. The summed E-state index contributed by atoms with van der Waals surface area (Å²) in [5, 5.41) is 18.9. The smallest absolute Gasteiger partial charge is 0.410 e. The Morgan fingerprint density at radius 2 is 2.03 bits per heavy atom. The number of nitrogens with two attached hydrogens (primary N) is 1. The van der Waals surface area contributed by atoms with E-state index in [9.17, 15) is 14.4 Å². The molecule has 1 saturated heterocycles. The minimum atomic E-state index is -0.518. The van der Waals surface area contributed by atoms with Gasteiger partial charge in [0.15, 0.2) is 0 Å². The van der Waals surface area contributed by atoms with Gasteiger partial charge in [-0.1, -0.05) is 12.1 Å². The summed E-state index contributed by atoms with van der Waals surface area (Å²) in [6.45, 7) is 7.41. The molecule has 2 fully saturated rings. The average molecular weight is 492 g/mol. The zero-order chi connectivity index (χ0) is 25.7. The summed E-state index contributed by atoms with van der Waals surface area (Å²) in [6, 6.07) is 8.52. The molecule has 188 valence electrons. The molecule has 0 unspecified atom stereocenters. The van der Waals surface area contributed by atoms with Gasteiger partial charge < -0.3 is 15.4 Å². The predicted octanol–water partition coefficient (Wildman–Crippen LogP) is 4.35. The van der Waals surface area contributed by atoms with E-state index in [1.54, 1.807) is 32.6 Å². The minimum Gasteiger partial charge on any atom is -0.444 e. The normalized spacial score (nSPS) is 21.4. The topological polar surface area (TPSA) is 115 Å². The van der Waals surface area contributed by atoms with Crippen molar-refractivity contribution in [3.05, 3.63) is 53.6 Å². The van der Waals surface area contributed by atoms with Crippen LogP contribution in [-0.2, 0) is 11.3 Å². The SMILES string of the molecule is CC(C)(C)OC(=O)N1CC[C@]2(C1)C[C@H](n1nc(-c3cnn(Cc4ccc(F)cc4)c3)c(C#N)c1N)C2. The van der Waals surface area contributed by atoms with Crippen molar-refractivity contribution in [1.82, 2.24) is 24.5 Å². The Morgan fingerprint density at radius 3 is 2.69 bits per heavy atom. The first kappa shape index (κ1) is 23.9. The number of ether oxygens (including phenoxy) is 1. The maximum Gasteiger partial charge on any atom is 0.410 e. The number of anilines is 1. The van der Waals surface area contributed by atoms with Gasteiger partial charge in [0.25, 0.3) is 0 Å². The highest BCUT2D eigenvalue weighted by Crippen LogP contribution is 2.54. The van der Waals surface area contributed by atoms with Crippen LogP contribution in [0.25, 0.3) is 11.3 Å². The van der Waals surface area contributed by atoms with Crippen LogP contribution in [0.2, 0.25) is 0 Å². The van der Waals surface area contributed by atoms with Gasteiger partial charge in [-0.2, -0.15) is 15.5 Å². The van der Waals surface area contributed by atoms with Gasteiger partial charge in [0, 0.05) is 24.8 Å². The molecule has 0 bridgehead atoms. The molecule has 36 heavy (non-hydrogen) atoms. The molecule has 9 nitrogen and oxygen atoms in total. The van der Waals surface area contributed by atoms with Gasteiger partial charge in [0.05, 0.1) is 18.8 Å². The van der Waals surface area contributed by atoms with Crippen LogP contribution in [0.5, 0.6) is 0 Å². The lowest BCUT2D eigenvalue weighted by atomic mass is 9.65. The Hall–Kier alpha value is -3.87. The Kier molecular flexibility index (Phi) is 5.74. The van der Waals surface area contributed by atoms with E-state index in [1.165, 1.54) is 12.1 Å². The number of hydrogen-bond acceptors (Lipinski definition) is 6. The van der Waals surface area contributed by atoms with E-state index in [-0.39, 0.29) is 23.4 Å². The molecule has 3 aromatic rings. The third-order valence-corrected chi connectivity index (χ3v) is 7.00. The van der Waals surface area contributed by atoms with Crippen LogP contribution >= 0.6 is 0 Å². The van der Waals surface area contributed by atoms with Crippen molar-refractivity contribution in [2.24, 2.45) is 5.41 Å². The second-order valence-electron chi connectivity index (χ2n) is 10.9. The Morgan fingerprint density at radius 1 is 1.31 bits per heavy atom. The number of nitriles is 1. The summed E-state index contributed by atoms with van der Waals surface area (Å²) in [5.41, 5.74) is 8.33. The highest BCUT2D eigenvalue weighted by molar-refractivity contribution is 5.72. The third-order valence-electron chi connectivity index (χ3n) is 7.00. The molecule has 0 atom stereocenters. The molecule has 1 amide bonds. The van der Waals surface area contributed by atoms with Crippen molar-refractivity contribution in [1.29, 1.82) is 5.26 Å². The van der Waals surface area contributed by atoms with Crippen LogP contribution < -0.4 is 5.73 Å². The molecule has 1 spiro atoms. The quantitative estimate of drug-likeness (QED) is 0.580. The van der Waals surface area contributed by atoms with Crippen LogP contribution in [0, 0.1) is 22.6 Å². The molecule has 2 aliphatic rings. The van der Waals surface area contributed by atoms with E-state index in [1.807, 2.05) is 27.0 Å². The summed E-state index contributed by atoms with van der Waals surface area (Å²) >= 11 is 0. The fraction of sp³-hybridized carbons (Fsp3) is 0.462. The molecule has 1 aliphatic carbocycles. The molecule has 2 N–H and O–H groups in total. The standard InChI is InChI=1S/C26H30FN7O2/c1-25(2,3)36-24(35)32-9-8-26(16-32)10-20(11-26)34-23(29)21(12-28)22(31-34)18-13-30-33(15-18)14-17-4-6-19(27)7-5-17/h4-7,13,15,20H,8-11,14,16,29H2,1-3H3/t20-,26-. The number of carbonyl (C=O) groups is 1. The van der Waals surface area contributed by atoms with E-state index in [0.717, 1.165) is 24.8 Å². The van der Waals surface area contributed by atoms with Crippen molar-refractivity contribution in [3.63, 3.8) is 0 Å². The average Bonchev–Trinajstić information content (AvgIpc) is 3.50. The van der Waals surface area contributed by atoms with Gasteiger partial charge in [-0.15, -0.1) is 0 Å². The molecule has 5 rings (SSSR count). The van der Waals surface area contributed by atoms with Gasteiger partial charge in [-0.05, 0) is 63.1 Å². The number of nitrogen functional groups attached to an aromatic ring is 1. The van der Waals surface area contributed by atoms with Crippen LogP contribution in [-0.4, -0.2) is 49.2 Å². The maximum absolute atomic E-state index is 13.2. The zero-order valence-corrected chi connectivity index (χ0v) is 20.7. The number of nitrogens with zero attached hydrogens (tertiary/aromatic N) is 6. The Balaban J connectivity index is 1.29. The fourth-order valence-electron chi connectivity index (χ4n) is 5.25. The first-order valence-electron chi connectivity index (χ1n) is 12.1. The number of carbonyl (C=O) groups excluding carboxylic acids is 1. The largest absolute Gasteiger partial charge is 0.444 e. The lowest BCUT2D eigenvalue weighted by Gasteiger charge is -2.45. The zero-order valence-electron chi connectivity index (χ0n) is 20.7. The van der Waals surface area contributed by atoms with Crippen LogP contribution in [0.1, 0.15) is 57.2 Å². The van der Waals surface area contributed by atoms with Crippen molar-refractivity contribution in [2.45, 2.75) is 58.2 Å². The van der Waals surface area contributed by atoms with E-state index in [4.69, 9.17) is 15.6 Å². The Labute approximate surface area is 209 Å². The van der Waals surface area contributed by atoms with Crippen LogP contribution in [0.15, 0.2) is 36.7 Å². The summed E-state index contributed by atoms with van der Waals surface area (Å²) in [7, 11) is 0. The summed E-state index contributed by atoms with van der Waals surface area (Å²) in [5.74, 6) is 0.0631. The van der Waals surface area contributed by atoms with E-state index in [2.05, 4.69) is 11.2 Å². The molecule has 2 aromatic heterocycles. The lowest BCUT2D eigenvalue weighted by molar-refractivity contribution is 0.0188. The molecule has 1 aliphatic heterocycles. The molecular formula is C26H30FN7O2. The summed E-state index contributed by atoms with van der Waals surface area (Å²) in [4.78, 5) is 14.3. The van der Waals surface area contributed by atoms with Gasteiger partial charge in [0.2, 0.25) is 0 Å². The van der Waals surface area contributed by atoms with E-state index >= 15 is 0 Å². The molecular weight excluding hydrogens is 461 g/mol. The van der Waals surface area contributed by atoms with Crippen LogP contribution in [0.4, 0.5) is 15.0 Å². The van der Waals surface area contributed by atoms with E-state index in [0.29, 0.717) is 42.3 Å². The summed E-state index contributed by atoms with van der Waals surface area (Å²) < 4.78 is 22.2. The number of hydrogen-bond donors (Lipinski definition) is 1. The number of amides is 1. The number of benzene rings is 1. The predicted molar refractivity (Wildman–Crippen MR) is 131 cm³/mol. The molecule has 10 heteroatoms. The van der Waals surface area contributed by atoms with Crippen molar-refractivity contribution >= 4 is 11.9 Å². The second-order valence-corrected chi connectivity index (χ2v) is 10.9. The van der Waals surface area contributed by atoms with Gasteiger partial charge in [-0.3, -0.25) is 4.68 Å².